The molecule has 314 valence electrons. The largest absolute Gasteiger partial charge is 0.493 e. The second kappa shape index (κ2) is 17.0. The van der Waals surface area contributed by atoms with Gasteiger partial charge < -0.3 is 38.4 Å². The molecule has 0 radical (unpaired) electrons. The van der Waals surface area contributed by atoms with Crippen LogP contribution in [0, 0.1) is 24.7 Å². The van der Waals surface area contributed by atoms with Gasteiger partial charge in [0.15, 0.2) is 23.0 Å². The van der Waals surface area contributed by atoms with Crippen molar-refractivity contribution >= 4 is 46.4 Å². The van der Waals surface area contributed by atoms with E-state index in [1.54, 1.807) is 42.7 Å². The van der Waals surface area contributed by atoms with Crippen LogP contribution in [0.15, 0.2) is 97.1 Å². The Hall–Kier alpha value is -8.60. The summed E-state index contributed by atoms with van der Waals surface area (Å²) in [5.74, 6) is 8.45. The van der Waals surface area contributed by atoms with E-state index in [0.717, 1.165) is 89.1 Å². The third-order valence-electron chi connectivity index (χ3n) is 11.3. The second-order valence-electron chi connectivity index (χ2n) is 14.8. The molecule has 2 aliphatic heterocycles. The SMILES string of the molecule is C#Cc1ccc(-c2c3nc(c(-c4cc(OC)c(OC)c(OC)c4)c4ccc([nH]4)c(-c4ccc(C#C)cc4)c4nc(c(-c5cc(OC)c(OC)c(OC)c5)c5ccc2[nH]5)C=C4)C=C3)cc1. The van der Waals surface area contributed by atoms with Gasteiger partial charge in [0, 0.05) is 55.4 Å². The topological polar surface area (TPSA) is 113 Å². The number of fused-ring (bicyclic) bond motifs is 8. The maximum atomic E-state index is 5.85. The van der Waals surface area contributed by atoms with Gasteiger partial charge in [-0.25, -0.2) is 9.97 Å². The number of rotatable bonds is 10. The van der Waals surface area contributed by atoms with Crippen molar-refractivity contribution in [3.8, 4) is 104 Å². The Bertz CT molecular complexity index is 3030. The molecular weight excluding hydrogens is 801 g/mol. The molecule has 0 saturated carbocycles. The normalized spacial score (nSPS) is 11.4. The van der Waals surface area contributed by atoms with Crippen LogP contribution in [0.25, 0.3) is 90.9 Å². The van der Waals surface area contributed by atoms with Crippen LogP contribution in [0.3, 0.4) is 0 Å². The number of aromatic amines is 2. The second-order valence-corrected chi connectivity index (χ2v) is 14.8. The highest BCUT2D eigenvalue weighted by atomic mass is 16.5. The summed E-state index contributed by atoms with van der Waals surface area (Å²) in [5, 5.41) is 0. The van der Waals surface area contributed by atoms with Gasteiger partial charge in [0.2, 0.25) is 11.5 Å². The third kappa shape index (κ3) is 7.13. The number of nitrogens with one attached hydrogen (secondary N) is 2. The lowest BCUT2D eigenvalue weighted by molar-refractivity contribution is 0.324. The molecule has 64 heavy (non-hydrogen) atoms. The molecule has 9 rings (SSSR count). The van der Waals surface area contributed by atoms with E-state index < -0.39 is 0 Å². The molecule has 8 bridgehead atoms. The number of aromatic nitrogens is 4. The zero-order chi connectivity index (χ0) is 44.5. The highest BCUT2D eigenvalue weighted by Gasteiger charge is 2.23. The lowest BCUT2D eigenvalue weighted by Gasteiger charge is -2.15. The summed E-state index contributed by atoms with van der Waals surface area (Å²) >= 11 is 0. The van der Waals surface area contributed by atoms with Gasteiger partial charge in [-0.15, -0.1) is 12.8 Å². The van der Waals surface area contributed by atoms with Crippen LogP contribution in [-0.2, 0) is 0 Å². The first kappa shape index (κ1) is 40.8. The van der Waals surface area contributed by atoms with Gasteiger partial charge in [-0.3, -0.25) is 0 Å². The zero-order valence-corrected chi connectivity index (χ0v) is 36.0. The Morgan fingerprint density at radius 1 is 0.375 bits per heavy atom. The van der Waals surface area contributed by atoms with Crippen LogP contribution in [0.5, 0.6) is 34.5 Å². The van der Waals surface area contributed by atoms with E-state index in [0.29, 0.717) is 45.9 Å². The molecule has 3 aromatic heterocycles. The number of ether oxygens (including phenoxy) is 6. The molecule has 10 nitrogen and oxygen atoms in total. The van der Waals surface area contributed by atoms with Crippen LogP contribution in [0.1, 0.15) is 33.9 Å². The van der Waals surface area contributed by atoms with Crippen LogP contribution in [0.4, 0.5) is 0 Å². The Balaban J connectivity index is 1.48. The van der Waals surface area contributed by atoms with Crippen LogP contribution >= 0.6 is 0 Å². The van der Waals surface area contributed by atoms with Crippen LogP contribution in [0.2, 0.25) is 0 Å². The van der Waals surface area contributed by atoms with Crippen molar-refractivity contribution in [2.75, 3.05) is 42.7 Å². The minimum Gasteiger partial charge on any atom is -0.493 e. The molecule has 2 aliphatic rings. The predicted octanol–water partition coefficient (Wildman–Crippen LogP) is 11.3. The smallest absolute Gasteiger partial charge is 0.203 e. The summed E-state index contributed by atoms with van der Waals surface area (Å²) in [6.45, 7) is 0. The Labute approximate surface area is 370 Å². The molecule has 2 N–H and O–H groups in total. The summed E-state index contributed by atoms with van der Waals surface area (Å²) in [6, 6.07) is 31.7. The first-order valence-corrected chi connectivity index (χ1v) is 20.2. The first-order chi connectivity index (χ1) is 31.3. The molecule has 4 aromatic carbocycles. The molecule has 0 aliphatic carbocycles. The summed E-state index contributed by atoms with van der Waals surface area (Å²) < 4.78 is 34.9. The molecule has 10 heteroatoms. The van der Waals surface area contributed by atoms with Crippen molar-refractivity contribution in [1.29, 1.82) is 0 Å². The fourth-order valence-corrected chi connectivity index (χ4v) is 8.34. The van der Waals surface area contributed by atoms with E-state index >= 15 is 0 Å². The van der Waals surface area contributed by atoms with E-state index in [1.807, 2.05) is 109 Å². The molecular formula is C54H42N4O6. The van der Waals surface area contributed by atoms with Crippen molar-refractivity contribution in [3.63, 3.8) is 0 Å². The monoisotopic (exact) mass is 842 g/mol. The van der Waals surface area contributed by atoms with E-state index in [4.69, 9.17) is 51.2 Å². The fourth-order valence-electron chi connectivity index (χ4n) is 8.34. The molecule has 0 fully saturated rings. The Morgan fingerprint density at radius 2 is 0.656 bits per heavy atom. The van der Waals surface area contributed by atoms with Crippen molar-refractivity contribution in [3.05, 3.63) is 131 Å². The first-order valence-electron chi connectivity index (χ1n) is 20.2. The van der Waals surface area contributed by atoms with Crippen molar-refractivity contribution in [2.45, 2.75) is 0 Å². The number of H-pyrrole nitrogens is 2. The number of terminal acetylenes is 2. The van der Waals surface area contributed by atoms with Gasteiger partial charge in [0.1, 0.15) is 0 Å². The summed E-state index contributed by atoms with van der Waals surface area (Å²) in [5.41, 5.74) is 14.3. The Morgan fingerprint density at radius 3 is 0.906 bits per heavy atom. The van der Waals surface area contributed by atoms with Gasteiger partial charge in [-0.2, -0.15) is 0 Å². The van der Waals surface area contributed by atoms with Gasteiger partial charge in [0.05, 0.1) is 65.4 Å². The predicted molar refractivity (Wildman–Crippen MR) is 256 cm³/mol. The molecule has 0 unspecified atom stereocenters. The number of methoxy groups -OCH3 is 6. The molecule has 0 atom stereocenters. The number of benzene rings is 4. The number of hydrogen-bond donors (Lipinski definition) is 2. The van der Waals surface area contributed by atoms with Gasteiger partial charge >= 0.3 is 0 Å². The Kier molecular flexibility index (Phi) is 10.9. The standard InChI is InChI=1S/C54H42N4O6/c1-9-31-11-15-33(16-12-31)49-37-19-23-41(55-37)51(35-27-45(59-3)53(63-7)46(28-35)60-4)43-25-21-39(57-43)50(34-17-13-32(10-2)14-18-34)40-22-26-44(58-40)52(42-24-20-38(49)56-42)36-29-47(61-5)54(64-8)48(30-36)62-6/h1-2,11-30,55,58H,3-8H3. The minimum atomic E-state index is 0.478. The number of nitrogens with zero attached hydrogens (tertiary/aromatic N) is 2. The highest BCUT2D eigenvalue weighted by Crippen LogP contribution is 2.46. The van der Waals surface area contributed by atoms with E-state index in [2.05, 4.69) is 33.9 Å². The maximum Gasteiger partial charge on any atom is 0.203 e. The van der Waals surface area contributed by atoms with E-state index in [9.17, 15) is 0 Å². The van der Waals surface area contributed by atoms with Crippen LogP contribution < -0.4 is 28.4 Å². The molecule has 0 amide bonds. The highest BCUT2D eigenvalue weighted by molar-refractivity contribution is 6.00. The van der Waals surface area contributed by atoms with E-state index in [-0.39, 0.29) is 0 Å². The summed E-state index contributed by atoms with van der Waals surface area (Å²) in [6.07, 6.45) is 19.7. The molecule has 0 spiro atoms. The number of hydrogen-bond acceptors (Lipinski definition) is 8. The van der Waals surface area contributed by atoms with Gasteiger partial charge in [0.25, 0.3) is 0 Å². The van der Waals surface area contributed by atoms with Gasteiger partial charge in [-0.05, 0) is 119 Å². The van der Waals surface area contributed by atoms with E-state index in [1.165, 1.54) is 0 Å². The summed E-state index contributed by atoms with van der Waals surface area (Å²) in [4.78, 5) is 18.4. The molecule has 0 saturated heterocycles. The maximum absolute atomic E-state index is 5.85. The minimum absolute atomic E-state index is 0.478. The van der Waals surface area contributed by atoms with Gasteiger partial charge in [-0.1, -0.05) is 36.1 Å². The van der Waals surface area contributed by atoms with Crippen molar-refractivity contribution in [2.24, 2.45) is 0 Å². The zero-order valence-electron chi connectivity index (χ0n) is 36.0. The van der Waals surface area contributed by atoms with Crippen LogP contribution in [-0.4, -0.2) is 62.6 Å². The summed E-state index contributed by atoms with van der Waals surface area (Å²) in [7, 11) is 9.59. The molecule has 5 heterocycles. The lowest BCUT2D eigenvalue weighted by atomic mass is 10.0. The van der Waals surface area contributed by atoms with Crippen molar-refractivity contribution in [1.82, 2.24) is 19.9 Å². The average Bonchev–Trinajstić information content (AvgIpc) is 4.19. The lowest BCUT2D eigenvalue weighted by Crippen LogP contribution is -1.96. The van der Waals surface area contributed by atoms with Crippen molar-refractivity contribution < 1.29 is 28.4 Å². The average molecular weight is 843 g/mol. The quantitative estimate of drug-likeness (QED) is 0.131. The molecule has 7 aromatic rings. The fraction of sp³-hybridized carbons (Fsp3) is 0.111. The third-order valence-corrected chi connectivity index (χ3v) is 11.3.